The van der Waals surface area contributed by atoms with Crippen molar-refractivity contribution in [2.45, 2.75) is 13.0 Å². The van der Waals surface area contributed by atoms with Crippen molar-refractivity contribution in [2.75, 3.05) is 5.73 Å². The highest BCUT2D eigenvalue weighted by Crippen LogP contribution is 2.14. The molecule has 1 atom stereocenters. The molecule has 0 aliphatic heterocycles. The van der Waals surface area contributed by atoms with Gasteiger partial charge in [0.1, 0.15) is 5.15 Å². The number of carbonyl (C=O) groups is 1. The molecule has 0 aliphatic rings. The fraction of sp³-hybridized carbons (Fsp3) is 0.200. The molecule has 0 saturated heterocycles. The van der Waals surface area contributed by atoms with Gasteiger partial charge in [-0.15, -0.1) is 6.42 Å². The second-order valence-electron chi connectivity index (χ2n) is 2.96. The quantitative estimate of drug-likeness (QED) is 0.582. The summed E-state index contributed by atoms with van der Waals surface area (Å²) in [5.41, 5.74) is 6.11. The zero-order chi connectivity index (χ0) is 11.4. The van der Waals surface area contributed by atoms with Crippen molar-refractivity contribution in [1.29, 1.82) is 0 Å². The van der Waals surface area contributed by atoms with Crippen molar-refractivity contribution < 1.29 is 4.79 Å². The number of hydrogen-bond acceptors (Lipinski definition) is 3. The Morgan fingerprint density at radius 2 is 2.47 bits per heavy atom. The van der Waals surface area contributed by atoms with Crippen LogP contribution >= 0.6 is 11.6 Å². The lowest BCUT2D eigenvalue weighted by molar-refractivity contribution is 0.0949. The number of rotatable bonds is 2. The van der Waals surface area contributed by atoms with Gasteiger partial charge in [0.05, 0.1) is 23.5 Å². The van der Waals surface area contributed by atoms with Crippen LogP contribution in [0.1, 0.15) is 17.3 Å². The maximum Gasteiger partial charge on any atom is 0.254 e. The second kappa shape index (κ2) is 4.67. The minimum Gasteiger partial charge on any atom is -0.397 e. The van der Waals surface area contributed by atoms with Crippen LogP contribution in [0.2, 0.25) is 5.15 Å². The second-order valence-corrected chi connectivity index (χ2v) is 3.34. The third-order valence-electron chi connectivity index (χ3n) is 1.74. The van der Waals surface area contributed by atoms with Gasteiger partial charge in [0.25, 0.3) is 5.91 Å². The van der Waals surface area contributed by atoms with E-state index in [1.165, 1.54) is 12.3 Å². The number of nitrogens with two attached hydrogens (primary N) is 1. The van der Waals surface area contributed by atoms with Crippen molar-refractivity contribution >= 4 is 23.2 Å². The molecule has 1 rings (SSSR count). The van der Waals surface area contributed by atoms with Crippen molar-refractivity contribution in [3.63, 3.8) is 0 Å². The monoisotopic (exact) mass is 223 g/mol. The standard InChI is InChI=1S/C10H10ClN3O/c1-3-6(2)14-10(15)7-4-9(11)13-5-8(7)12/h1,4-6H,12H2,2H3,(H,14,15). The average molecular weight is 224 g/mol. The summed E-state index contributed by atoms with van der Waals surface area (Å²) >= 11 is 5.64. The van der Waals surface area contributed by atoms with Gasteiger partial charge >= 0.3 is 0 Å². The van der Waals surface area contributed by atoms with E-state index < -0.39 is 0 Å². The van der Waals surface area contributed by atoms with Crippen LogP contribution in [0.15, 0.2) is 12.3 Å². The Bertz CT molecular complexity index is 425. The van der Waals surface area contributed by atoms with Crippen LogP contribution in [0.25, 0.3) is 0 Å². The third-order valence-corrected chi connectivity index (χ3v) is 1.95. The first-order valence-electron chi connectivity index (χ1n) is 4.22. The molecule has 78 valence electrons. The maximum absolute atomic E-state index is 11.6. The van der Waals surface area contributed by atoms with Crippen molar-refractivity contribution in [1.82, 2.24) is 10.3 Å². The summed E-state index contributed by atoms with van der Waals surface area (Å²) in [4.78, 5) is 15.4. The first-order chi connectivity index (χ1) is 7.04. The number of nitrogen functional groups attached to an aromatic ring is 1. The molecule has 0 bridgehead atoms. The fourth-order valence-electron chi connectivity index (χ4n) is 0.953. The predicted octanol–water partition coefficient (Wildman–Crippen LogP) is 1.07. The SMILES string of the molecule is C#CC(C)NC(=O)c1cc(Cl)ncc1N. The summed E-state index contributed by atoms with van der Waals surface area (Å²) in [6.07, 6.45) is 6.46. The summed E-state index contributed by atoms with van der Waals surface area (Å²) in [6.45, 7) is 1.69. The number of aromatic nitrogens is 1. The van der Waals surface area contributed by atoms with Gasteiger partial charge in [-0.05, 0) is 13.0 Å². The van der Waals surface area contributed by atoms with Gasteiger partial charge in [-0.1, -0.05) is 17.5 Å². The Kier molecular flexibility index (Phi) is 3.53. The number of amides is 1. The zero-order valence-corrected chi connectivity index (χ0v) is 8.88. The molecular weight excluding hydrogens is 214 g/mol. The third kappa shape index (κ3) is 2.86. The Balaban J connectivity index is 2.92. The molecule has 1 heterocycles. The molecule has 0 saturated carbocycles. The van der Waals surface area contributed by atoms with Crippen LogP contribution < -0.4 is 11.1 Å². The van der Waals surface area contributed by atoms with E-state index in [1.54, 1.807) is 6.92 Å². The first kappa shape index (κ1) is 11.3. The molecule has 1 unspecified atom stereocenters. The fourth-order valence-corrected chi connectivity index (χ4v) is 1.11. The van der Waals surface area contributed by atoms with E-state index in [0.717, 1.165) is 0 Å². The van der Waals surface area contributed by atoms with Crippen molar-refractivity contribution in [2.24, 2.45) is 0 Å². The molecule has 1 aromatic rings. The number of carbonyl (C=O) groups excluding carboxylic acids is 1. The van der Waals surface area contributed by atoms with Crippen LogP contribution in [-0.4, -0.2) is 16.9 Å². The van der Waals surface area contributed by atoms with Gasteiger partial charge in [0.15, 0.2) is 0 Å². The van der Waals surface area contributed by atoms with Crippen LogP contribution in [-0.2, 0) is 0 Å². The molecular formula is C10H10ClN3O. The number of pyridine rings is 1. The van der Waals surface area contributed by atoms with Gasteiger partial charge in [-0.25, -0.2) is 4.98 Å². The Hall–Kier alpha value is -1.73. The van der Waals surface area contributed by atoms with Crippen molar-refractivity contribution in [3.05, 3.63) is 23.0 Å². The molecule has 4 nitrogen and oxygen atoms in total. The largest absolute Gasteiger partial charge is 0.397 e. The summed E-state index contributed by atoms with van der Waals surface area (Å²) in [6, 6.07) is 1.04. The summed E-state index contributed by atoms with van der Waals surface area (Å²) < 4.78 is 0. The Morgan fingerprint density at radius 3 is 3.07 bits per heavy atom. The van der Waals surface area contributed by atoms with Gasteiger partial charge in [-0.2, -0.15) is 0 Å². The van der Waals surface area contributed by atoms with Gasteiger partial charge < -0.3 is 11.1 Å². The maximum atomic E-state index is 11.6. The number of halogens is 1. The molecule has 0 aliphatic carbocycles. The van der Waals surface area contributed by atoms with Crippen molar-refractivity contribution in [3.8, 4) is 12.3 Å². The molecule has 0 spiro atoms. The minimum atomic E-state index is -0.359. The molecule has 15 heavy (non-hydrogen) atoms. The Labute approximate surface area is 92.8 Å². The summed E-state index contributed by atoms with van der Waals surface area (Å²) in [5, 5.41) is 2.78. The molecule has 0 aromatic carbocycles. The normalized spacial score (nSPS) is 11.5. The minimum absolute atomic E-state index is 0.211. The van der Waals surface area contributed by atoms with E-state index in [4.69, 9.17) is 23.8 Å². The van der Waals surface area contributed by atoms with Gasteiger partial charge in [0.2, 0.25) is 0 Å². The molecule has 1 aromatic heterocycles. The molecule has 1 amide bonds. The van der Waals surface area contributed by atoms with Gasteiger partial charge in [-0.3, -0.25) is 4.79 Å². The smallest absolute Gasteiger partial charge is 0.254 e. The van der Waals surface area contributed by atoms with E-state index in [-0.39, 0.29) is 28.4 Å². The Morgan fingerprint density at radius 1 is 1.80 bits per heavy atom. The van der Waals surface area contributed by atoms with E-state index in [9.17, 15) is 4.79 Å². The molecule has 5 heteroatoms. The summed E-state index contributed by atoms with van der Waals surface area (Å²) in [7, 11) is 0. The number of nitrogens with one attached hydrogen (secondary N) is 1. The highest BCUT2D eigenvalue weighted by molar-refractivity contribution is 6.29. The van der Waals surface area contributed by atoms with E-state index in [1.807, 2.05) is 0 Å². The molecule has 0 fully saturated rings. The number of terminal acetylenes is 1. The number of hydrogen-bond donors (Lipinski definition) is 2. The van der Waals surface area contributed by atoms with Crippen LogP contribution in [0.5, 0.6) is 0 Å². The van der Waals surface area contributed by atoms with Gasteiger partial charge in [0, 0.05) is 0 Å². The lowest BCUT2D eigenvalue weighted by Crippen LogP contribution is -2.31. The highest BCUT2D eigenvalue weighted by Gasteiger charge is 2.12. The van der Waals surface area contributed by atoms with E-state index >= 15 is 0 Å². The van der Waals surface area contributed by atoms with E-state index in [2.05, 4.69) is 16.2 Å². The van der Waals surface area contributed by atoms with Crippen LogP contribution in [0, 0.1) is 12.3 Å². The zero-order valence-electron chi connectivity index (χ0n) is 8.12. The van der Waals surface area contributed by atoms with Crippen LogP contribution in [0.4, 0.5) is 5.69 Å². The van der Waals surface area contributed by atoms with Crippen LogP contribution in [0.3, 0.4) is 0 Å². The lowest BCUT2D eigenvalue weighted by Gasteiger charge is -2.09. The number of anilines is 1. The molecule has 0 radical (unpaired) electrons. The lowest BCUT2D eigenvalue weighted by atomic mass is 10.2. The number of nitrogens with zero attached hydrogens (tertiary/aromatic N) is 1. The average Bonchev–Trinajstić information content (AvgIpc) is 2.21. The van der Waals surface area contributed by atoms with E-state index in [0.29, 0.717) is 0 Å². The molecule has 3 N–H and O–H groups in total. The summed E-state index contributed by atoms with van der Waals surface area (Å²) in [5.74, 6) is 2.02. The first-order valence-corrected chi connectivity index (χ1v) is 4.60. The predicted molar refractivity (Wildman–Crippen MR) is 59.4 cm³/mol. The topological polar surface area (TPSA) is 68.0 Å². The highest BCUT2D eigenvalue weighted by atomic mass is 35.5.